The first-order chi connectivity index (χ1) is 9.41. The van der Waals surface area contributed by atoms with Crippen LogP contribution in [-0.2, 0) is 88.5 Å². The molecule has 4 N–H and O–H groups in total. The van der Waals surface area contributed by atoms with Gasteiger partial charge in [-0.3, -0.25) is 9.11 Å². The van der Waals surface area contributed by atoms with E-state index in [0.29, 0.717) is 0 Å². The fourth-order valence-corrected chi connectivity index (χ4v) is 0.619. The normalized spacial score (nSPS) is 12.2. The van der Waals surface area contributed by atoms with Gasteiger partial charge in [0.2, 0.25) is 20.8 Å². The summed E-state index contributed by atoms with van der Waals surface area (Å²) in [5, 5.41) is 5.65. The number of rotatable bonds is 8. The van der Waals surface area contributed by atoms with E-state index in [1.54, 1.807) is 0 Å². The van der Waals surface area contributed by atoms with E-state index >= 15 is 0 Å². The van der Waals surface area contributed by atoms with Crippen molar-refractivity contribution in [3.05, 3.63) is 0 Å². The van der Waals surface area contributed by atoms with Gasteiger partial charge in [0.05, 0.1) is 0 Å². The molecule has 0 unspecified atom stereocenters. The molecule has 144 valence electrons. The maximum Gasteiger partial charge on any atom is 2.00 e. The van der Waals surface area contributed by atoms with E-state index in [1.165, 1.54) is 0 Å². The van der Waals surface area contributed by atoms with Crippen molar-refractivity contribution < 1.29 is 104 Å². The van der Waals surface area contributed by atoms with Crippen LogP contribution in [-0.4, -0.2) is 57.4 Å². The Morgan fingerprint density at radius 3 is 0.917 bits per heavy atom. The van der Waals surface area contributed by atoms with Crippen LogP contribution in [0, 0.1) is 0 Å². The van der Waals surface area contributed by atoms with Gasteiger partial charge in [0.1, 0.15) is 0 Å². The van der Waals surface area contributed by atoms with Gasteiger partial charge in [0, 0.05) is 0 Å². The van der Waals surface area contributed by atoms with Gasteiger partial charge in [0.15, 0.2) is 0 Å². The van der Waals surface area contributed by atoms with Crippen molar-refractivity contribution in [1.82, 2.24) is 0 Å². The summed E-state index contributed by atoms with van der Waals surface area (Å²) < 4.78 is 121. The average molecular weight is 502 g/mol. The van der Waals surface area contributed by atoms with Crippen LogP contribution in [0.15, 0.2) is 0 Å². The molecule has 24 heavy (non-hydrogen) atoms. The fraction of sp³-hybridized carbons (Fsp3) is 0. The molecule has 0 aliphatic heterocycles. The fourth-order valence-electron chi connectivity index (χ4n) is 0.161. The summed E-state index contributed by atoms with van der Waals surface area (Å²) in [6, 6.07) is 0. The molecule has 0 aromatic carbocycles. The Labute approximate surface area is 145 Å². The van der Waals surface area contributed by atoms with Crippen LogP contribution in [0.5, 0.6) is 0 Å². The van der Waals surface area contributed by atoms with Crippen molar-refractivity contribution in [1.29, 1.82) is 0 Å². The van der Waals surface area contributed by atoms with Crippen LogP contribution in [0.3, 0.4) is 0 Å². The van der Waals surface area contributed by atoms with Crippen molar-refractivity contribution in [3.63, 3.8) is 0 Å². The maximum absolute atomic E-state index is 9.55. The molecule has 0 fully saturated rings. The molecule has 0 saturated carbocycles. The largest absolute Gasteiger partial charge is 2.00 e. The van der Waals surface area contributed by atoms with Crippen molar-refractivity contribution in [2.45, 2.75) is 0 Å². The van der Waals surface area contributed by atoms with Crippen LogP contribution in [0.2, 0.25) is 0 Å². The number of hydrogen-bond donors (Lipinski definition) is 2. The third-order valence-corrected chi connectivity index (χ3v) is 1.35. The summed E-state index contributed by atoms with van der Waals surface area (Å²) >= 11 is 0. The predicted molar refractivity (Wildman–Crippen MR) is 52.6 cm³/mol. The van der Waals surface area contributed by atoms with E-state index in [2.05, 4.69) is 27.4 Å². The molecule has 0 spiro atoms. The van der Waals surface area contributed by atoms with Gasteiger partial charge in [-0.15, -0.1) is 0 Å². The minimum atomic E-state index is -5.22. The van der Waals surface area contributed by atoms with Gasteiger partial charge in [-0.1, -0.05) is 17.3 Å². The zero-order valence-corrected chi connectivity index (χ0v) is 16.5. The summed E-state index contributed by atoms with van der Waals surface area (Å²) in [7, 11) is -20.4. The Kier molecular flexibility index (Phi) is 16.3. The Balaban J connectivity index is -0.000000154. The molecular weight excluding hydrogens is 498 g/mol. The van der Waals surface area contributed by atoms with Gasteiger partial charge in [-0.2, -0.15) is 16.8 Å². The summed E-state index contributed by atoms with van der Waals surface area (Å²) in [6.07, 6.45) is 0. The molecule has 0 radical (unpaired) electrons. The second kappa shape index (κ2) is 12.4. The van der Waals surface area contributed by atoms with E-state index in [4.69, 9.17) is 9.11 Å². The second-order valence-corrected chi connectivity index (χ2v) is 5.97. The first-order valence-electron chi connectivity index (χ1n) is 3.37. The zero-order valence-electron chi connectivity index (χ0n) is 10.3. The minimum Gasteiger partial charge on any atom is -0.724 e. The van der Waals surface area contributed by atoms with Crippen molar-refractivity contribution in [3.8, 4) is 0 Å². The van der Waals surface area contributed by atoms with Crippen LogP contribution >= 0.6 is 0 Å². The van der Waals surface area contributed by atoms with E-state index in [9.17, 15) is 42.8 Å². The molecule has 24 heteroatoms. The average Bonchev–Trinajstić information content (AvgIpc) is 2.08. The van der Waals surface area contributed by atoms with E-state index < -0.39 is 41.6 Å². The Bertz CT molecular complexity index is 585. The van der Waals surface area contributed by atoms with Gasteiger partial charge >= 0.3 is 40.3 Å². The third-order valence-electron chi connectivity index (χ3n) is 0.450. The van der Waals surface area contributed by atoms with Gasteiger partial charge in [-0.25, -0.2) is 16.8 Å². The molecular formula is H4O19S4Zn. The third kappa shape index (κ3) is 37.9. The second-order valence-electron chi connectivity index (χ2n) is 2.08. The molecule has 0 saturated heterocycles. The van der Waals surface area contributed by atoms with Crippen LogP contribution in [0.1, 0.15) is 0 Å². The van der Waals surface area contributed by atoms with Crippen LogP contribution < -0.4 is 0 Å². The van der Waals surface area contributed by atoms with Crippen LogP contribution in [0.4, 0.5) is 0 Å². The molecule has 0 rings (SSSR count). The molecule has 0 bridgehead atoms. The molecule has 0 atom stereocenters. The molecule has 0 heterocycles. The Morgan fingerprint density at radius 1 is 0.583 bits per heavy atom. The summed E-state index contributed by atoms with van der Waals surface area (Å²) in [6.45, 7) is 0. The van der Waals surface area contributed by atoms with Gasteiger partial charge in [-0.05, 0) is 10.1 Å². The zero-order chi connectivity index (χ0) is 18.2. The van der Waals surface area contributed by atoms with E-state index in [1.807, 2.05) is 0 Å². The van der Waals surface area contributed by atoms with Crippen molar-refractivity contribution in [2.75, 3.05) is 0 Å². The SMILES string of the molecule is O.O=S(=O)([O-])OOOS(=O)(=O)O.O=S(=O)([O-])OOOS(=O)(=O)O.[Zn+2]. The van der Waals surface area contributed by atoms with Gasteiger partial charge < -0.3 is 14.6 Å². The quantitative estimate of drug-likeness (QED) is 0.104. The molecule has 0 aliphatic rings. The van der Waals surface area contributed by atoms with Gasteiger partial charge in [0.25, 0.3) is 0 Å². The topological polar surface area (TPSA) is 310 Å². The van der Waals surface area contributed by atoms with Crippen molar-refractivity contribution in [2.24, 2.45) is 0 Å². The van der Waals surface area contributed by atoms with E-state index in [-0.39, 0.29) is 25.0 Å². The predicted octanol–water partition coefficient (Wildman–Crippen LogP) is -4.57. The monoisotopic (exact) mass is 500 g/mol. The summed E-state index contributed by atoms with van der Waals surface area (Å²) in [5.74, 6) is 0. The maximum atomic E-state index is 9.55. The molecule has 0 aliphatic carbocycles. The summed E-state index contributed by atoms with van der Waals surface area (Å²) in [4.78, 5) is 0. The smallest absolute Gasteiger partial charge is 0.724 e. The first-order valence-corrected chi connectivity index (χ1v) is 8.76. The first kappa shape index (κ1) is 31.7. The molecule has 0 amide bonds. The number of hydrogen-bond acceptors (Lipinski definition) is 16. The Hall–Kier alpha value is -0.0166. The standard InChI is InChI=1S/2H2O9S2.H2O.Zn/c2*1-10(2,3)8-7-9-11(4,5)6;;/h2*(H,1,2,3)(H,4,5,6);1H2;/q;;;+2/p-2. The molecule has 0 aromatic rings. The summed E-state index contributed by atoms with van der Waals surface area (Å²) in [5.41, 5.74) is 0. The van der Waals surface area contributed by atoms with Crippen LogP contribution in [0.25, 0.3) is 0 Å². The Morgan fingerprint density at radius 2 is 0.792 bits per heavy atom. The minimum absolute atomic E-state index is 0. The molecule has 19 nitrogen and oxygen atoms in total. The van der Waals surface area contributed by atoms with Crippen molar-refractivity contribution >= 4 is 41.6 Å². The molecule has 0 aromatic heterocycles. The van der Waals surface area contributed by atoms with E-state index in [0.717, 1.165) is 0 Å².